The van der Waals surface area contributed by atoms with Gasteiger partial charge in [0.05, 0.1) is 0 Å². The molecule has 0 aliphatic carbocycles. The Kier molecular flexibility index (Phi) is 8.15. The van der Waals surface area contributed by atoms with E-state index in [-0.39, 0.29) is 12.4 Å². The van der Waals surface area contributed by atoms with Crippen LogP contribution < -0.4 is 4.74 Å². The number of hydrogen-bond acceptors (Lipinski definition) is 4. The van der Waals surface area contributed by atoms with Crippen LogP contribution in [-0.4, -0.2) is 48.1 Å². The molecule has 4 heteroatoms. The third-order valence-electron chi connectivity index (χ3n) is 6.53. The number of aliphatic hydroxyl groups excluding tert-OH is 1. The molecule has 0 aromatic heterocycles. The zero-order valence-electron chi connectivity index (χ0n) is 20.2. The molecule has 1 saturated heterocycles. The number of carbonyl (C=O) groups excluding carboxylic acids is 1. The number of nitrogens with zero attached hydrogens (tertiary/aromatic N) is 1. The maximum atomic E-state index is 13.0. The van der Waals surface area contributed by atoms with E-state index < -0.39 is 6.10 Å². The Morgan fingerprint density at radius 1 is 0.971 bits per heavy atom. The van der Waals surface area contributed by atoms with Crippen LogP contribution >= 0.6 is 0 Å². The molecule has 0 spiro atoms. The van der Waals surface area contributed by atoms with E-state index in [1.807, 2.05) is 54.6 Å². The number of carbonyl (C=O) groups is 1. The molecule has 178 valence electrons. The van der Waals surface area contributed by atoms with Crippen molar-refractivity contribution in [2.24, 2.45) is 0 Å². The Balaban J connectivity index is 1.45. The van der Waals surface area contributed by atoms with E-state index >= 15 is 0 Å². The summed E-state index contributed by atoms with van der Waals surface area (Å²) in [6, 6.07) is 19.8. The number of aliphatic hydroxyl groups is 1. The SMILES string of the molecule is CC(C)c1ccc(/C=C/C(=O)c2ccc(OCC(O)CN3CCCCC3)c3ccccc23)cc1. The average Bonchev–Trinajstić information content (AvgIpc) is 2.86. The number of hydrogen-bond donors (Lipinski definition) is 1. The van der Waals surface area contributed by atoms with Gasteiger partial charge in [0.15, 0.2) is 5.78 Å². The number of piperidine rings is 1. The molecule has 0 saturated carbocycles. The van der Waals surface area contributed by atoms with Gasteiger partial charge in [0, 0.05) is 17.5 Å². The van der Waals surface area contributed by atoms with Gasteiger partial charge in [0.2, 0.25) is 0 Å². The third kappa shape index (κ3) is 6.13. The Bertz CT molecular complexity index is 1130. The Hall–Kier alpha value is -2.95. The summed E-state index contributed by atoms with van der Waals surface area (Å²) in [5, 5.41) is 12.2. The van der Waals surface area contributed by atoms with Crippen molar-refractivity contribution >= 4 is 22.6 Å². The summed E-state index contributed by atoms with van der Waals surface area (Å²) >= 11 is 0. The van der Waals surface area contributed by atoms with E-state index in [1.165, 1.54) is 24.8 Å². The zero-order chi connectivity index (χ0) is 23.9. The number of likely N-dealkylation sites (tertiary alicyclic amines) is 1. The number of ether oxygens (including phenoxy) is 1. The van der Waals surface area contributed by atoms with E-state index in [4.69, 9.17) is 4.74 Å². The van der Waals surface area contributed by atoms with E-state index in [9.17, 15) is 9.90 Å². The minimum atomic E-state index is -0.539. The lowest BCUT2D eigenvalue weighted by molar-refractivity contribution is 0.0622. The standard InChI is InChI=1S/C30H35NO3/c1-22(2)24-13-10-23(11-14-24)12-16-29(33)27-15-17-30(28-9-5-4-8-26(27)28)34-21-25(32)20-31-18-6-3-7-19-31/h4-5,8-17,22,25,32H,3,6-7,18-21H2,1-2H3/b16-12+. The Morgan fingerprint density at radius 2 is 1.68 bits per heavy atom. The van der Waals surface area contributed by atoms with Crippen molar-refractivity contribution in [3.8, 4) is 5.75 Å². The van der Waals surface area contributed by atoms with Crippen LogP contribution in [0.5, 0.6) is 5.75 Å². The van der Waals surface area contributed by atoms with Crippen molar-refractivity contribution in [2.45, 2.75) is 45.1 Å². The molecule has 1 heterocycles. The number of β-amino-alcohol motifs (C(OH)–C–C–N with tert-alkyl or cyclic N) is 1. The predicted molar refractivity (Wildman–Crippen MR) is 140 cm³/mol. The van der Waals surface area contributed by atoms with E-state index in [0.717, 1.165) is 29.4 Å². The summed E-state index contributed by atoms with van der Waals surface area (Å²) in [7, 11) is 0. The van der Waals surface area contributed by atoms with Gasteiger partial charge in [-0.15, -0.1) is 0 Å². The second-order valence-electron chi connectivity index (χ2n) is 9.50. The fourth-order valence-electron chi connectivity index (χ4n) is 4.54. The van der Waals surface area contributed by atoms with Crippen LogP contribution in [0.1, 0.15) is 60.5 Å². The molecule has 0 amide bonds. The van der Waals surface area contributed by atoms with Gasteiger partial charge in [0.1, 0.15) is 18.5 Å². The second kappa shape index (κ2) is 11.5. The Labute approximate surface area is 202 Å². The van der Waals surface area contributed by atoms with Crippen molar-refractivity contribution in [1.29, 1.82) is 0 Å². The molecule has 1 atom stereocenters. The normalized spacial score (nSPS) is 15.8. The molecule has 4 nitrogen and oxygen atoms in total. The van der Waals surface area contributed by atoms with Crippen LogP contribution in [0.4, 0.5) is 0 Å². The van der Waals surface area contributed by atoms with Crippen LogP contribution in [0, 0.1) is 0 Å². The van der Waals surface area contributed by atoms with E-state index in [0.29, 0.717) is 23.8 Å². The lowest BCUT2D eigenvalue weighted by Crippen LogP contribution is -2.38. The highest BCUT2D eigenvalue weighted by atomic mass is 16.5. The summed E-state index contributed by atoms with van der Waals surface area (Å²) in [5.41, 5.74) is 2.93. The summed E-state index contributed by atoms with van der Waals surface area (Å²) in [6.07, 6.45) is 6.64. The average molecular weight is 458 g/mol. The third-order valence-corrected chi connectivity index (χ3v) is 6.53. The van der Waals surface area contributed by atoms with Crippen LogP contribution in [0.25, 0.3) is 16.8 Å². The van der Waals surface area contributed by atoms with E-state index in [2.05, 4.69) is 30.9 Å². The van der Waals surface area contributed by atoms with Crippen molar-refractivity contribution in [3.63, 3.8) is 0 Å². The molecule has 4 rings (SSSR count). The van der Waals surface area contributed by atoms with Crippen LogP contribution in [0.2, 0.25) is 0 Å². The summed E-state index contributed by atoms with van der Waals surface area (Å²) in [6.45, 7) is 7.31. The maximum Gasteiger partial charge on any atom is 0.186 e. The number of fused-ring (bicyclic) bond motifs is 1. The number of rotatable bonds is 9. The summed E-state index contributed by atoms with van der Waals surface area (Å²) in [5.74, 6) is 1.14. The quantitative estimate of drug-likeness (QED) is 0.312. The number of allylic oxidation sites excluding steroid dienone is 1. The van der Waals surface area contributed by atoms with Crippen molar-refractivity contribution in [3.05, 3.63) is 83.4 Å². The molecule has 1 aliphatic heterocycles. The summed E-state index contributed by atoms with van der Waals surface area (Å²) < 4.78 is 6.01. The van der Waals surface area contributed by atoms with Gasteiger partial charge in [-0.3, -0.25) is 4.79 Å². The molecular weight excluding hydrogens is 422 g/mol. The van der Waals surface area contributed by atoms with Gasteiger partial charge in [-0.1, -0.05) is 74.9 Å². The topological polar surface area (TPSA) is 49.8 Å². The fourth-order valence-corrected chi connectivity index (χ4v) is 4.54. The molecule has 3 aromatic carbocycles. The lowest BCUT2D eigenvalue weighted by atomic mass is 9.99. The predicted octanol–water partition coefficient (Wildman–Crippen LogP) is 6.08. The first-order chi connectivity index (χ1) is 16.5. The van der Waals surface area contributed by atoms with Crippen LogP contribution in [-0.2, 0) is 0 Å². The van der Waals surface area contributed by atoms with Gasteiger partial charge in [-0.2, -0.15) is 0 Å². The van der Waals surface area contributed by atoms with E-state index in [1.54, 1.807) is 6.08 Å². The van der Waals surface area contributed by atoms with Gasteiger partial charge in [-0.25, -0.2) is 0 Å². The minimum Gasteiger partial charge on any atom is -0.490 e. The molecule has 0 bridgehead atoms. The van der Waals surface area contributed by atoms with Gasteiger partial charge < -0.3 is 14.7 Å². The highest BCUT2D eigenvalue weighted by Crippen LogP contribution is 2.29. The maximum absolute atomic E-state index is 13.0. The van der Waals surface area contributed by atoms with Gasteiger partial charge in [-0.05, 0) is 66.6 Å². The molecule has 1 N–H and O–H groups in total. The van der Waals surface area contributed by atoms with Gasteiger partial charge in [0.25, 0.3) is 0 Å². The van der Waals surface area contributed by atoms with Crippen molar-refractivity contribution in [1.82, 2.24) is 4.90 Å². The molecule has 1 unspecified atom stereocenters. The van der Waals surface area contributed by atoms with Crippen molar-refractivity contribution in [2.75, 3.05) is 26.2 Å². The van der Waals surface area contributed by atoms with Crippen molar-refractivity contribution < 1.29 is 14.6 Å². The first-order valence-corrected chi connectivity index (χ1v) is 12.4. The van der Waals surface area contributed by atoms with Crippen LogP contribution in [0.15, 0.2) is 66.7 Å². The molecule has 1 aliphatic rings. The summed E-state index contributed by atoms with van der Waals surface area (Å²) in [4.78, 5) is 15.3. The molecule has 3 aromatic rings. The Morgan fingerprint density at radius 3 is 2.38 bits per heavy atom. The van der Waals surface area contributed by atoms with Crippen LogP contribution in [0.3, 0.4) is 0 Å². The monoisotopic (exact) mass is 457 g/mol. The molecule has 34 heavy (non-hydrogen) atoms. The van der Waals surface area contributed by atoms with Gasteiger partial charge >= 0.3 is 0 Å². The first kappa shape index (κ1) is 24.2. The number of ketones is 1. The molecule has 1 fully saturated rings. The smallest absolute Gasteiger partial charge is 0.186 e. The zero-order valence-corrected chi connectivity index (χ0v) is 20.2. The highest BCUT2D eigenvalue weighted by Gasteiger charge is 2.16. The molecule has 0 radical (unpaired) electrons. The largest absolute Gasteiger partial charge is 0.490 e. The minimum absolute atomic E-state index is 0.0409. The molecular formula is C30H35NO3. The highest BCUT2D eigenvalue weighted by molar-refractivity contribution is 6.15. The fraction of sp³-hybridized carbons (Fsp3) is 0.367. The number of benzene rings is 3. The lowest BCUT2D eigenvalue weighted by Gasteiger charge is -2.28. The second-order valence-corrected chi connectivity index (χ2v) is 9.50. The first-order valence-electron chi connectivity index (χ1n) is 12.4.